The number of allylic oxidation sites excluding steroid dienone is 1. The van der Waals surface area contributed by atoms with Gasteiger partial charge in [-0.15, -0.1) is 6.58 Å². The Morgan fingerprint density at radius 3 is 2.50 bits per heavy atom. The smallest absolute Gasteiger partial charge is 0.340 e. The minimum absolute atomic E-state index is 0.189. The first-order valence-corrected chi connectivity index (χ1v) is 3.48. The van der Waals surface area contributed by atoms with Crippen molar-refractivity contribution >= 4 is 29.2 Å². The normalized spacial score (nSPS) is 11.0. The van der Waals surface area contributed by atoms with Crippen LogP contribution in [-0.2, 0) is 4.79 Å². The van der Waals surface area contributed by atoms with Gasteiger partial charge in [0.25, 0.3) is 0 Å². The first-order chi connectivity index (χ1) is 4.50. The fourth-order valence-corrected chi connectivity index (χ4v) is 0.608. The van der Waals surface area contributed by atoms with E-state index in [1.54, 1.807) is 6.08 Å². The van der Waals surface area contributed by atoms with Gasteiger partial charge in [0, 0.05) is 0 Å². The van der Waals surface area contributed by atoms with Gasteiger partial charge < -0.3 is 5.11 Å². The Labute approximate surface area is 69.4 Å². The summed E-state index contributed by atoms with van der Waals surface area (Å²) < 4.78 is -1.66. The number of alkyl halides is 2. The van der Waals surface area contributed by atoms with Crippen LogP contribution in [0.2, 0.25) is 0 Å². The van der Waals surface area contributed by atoms with Crippen LogP contribution in [0.3, 0.4) is 0 Å². The maximum absolute atomic E-state index is 10.2. The van der Waals surface area contributed by atoms with Crippen molar-refractivity contribution in [3.63, 3.8) is 0 Å². The third-order valence-corrected chi connectivity index (χ3v) is 1.68. The average Bonchev–Trinajstić information content (AvgIpc) is 1.84. The number of carbonyl (C=O) groups is 1. The topological polar surface area (TPSA) is 37.3 Å². The second kappa shape index (κ2) is 3.84. The van der Waals surface area contributed by atoms with E-state index in [-0.39, 0.29) is 6.42 Å². The van der Waals surface area contributed by atoms with Crippen LogP contribution < -0.4 is 0 Å². The average molecular weight is 183 g/mol. The van der Waals surface area contributed by atoms with E-state index in [2.05, 4.69) is 6.58 Å². The lowest BCUT2D eigenvalue weighted by molar-refractivity contribution is -0.137. The maximum Gasteiger partial charge on any atom is 0.340 e. The quantitative estimate of drug-likeness (QED) is 0.535. The minimum Gasteiger partial charge on any atom is -0.479 e. The Hall–Kier alpha value is -0.210. The van der Waals surface area contributed by atoms with Crippen molar-refractivity contribution < 1.29 is 9.90 Å². The number of aliphatic carboxylic acids is 1. The van der Waals surface area contributed by atoms with Gasteiger partial charge in [-0.3, -0.25) is 0 Å². The summed E-state index contributed by atoms with van der Waals surface area (Å²) in [5.74, 6) is -1.21. The molecule has 10 heavy (non-hydrogen) atoms. The zero-order chi connectivity index (χ0) is 8.20. The molecule has 0 amide bonds. The van der Waals surface area contributed by atoms with Crippen LogP contribution in [0.5, 0.6) is 0 Å². The Kier molecular flexibility index (Phi) is 3.76. The van der Waals surface area contributed by atoms with Crippen LogP contribution in [0.4, 0.5) is 0 Å². The molecule has 2 nitrogen and oxygen atoms in total. The van der Waals surface area contributed by atoms with Crippen LogP contribution in [0.1, 0.15) is 12.8 Å². The summed E-state index contributed by atoms with van der Waals surface area (Å²) in [5.41, 5.74) is 0. The van der Waals surface area contributed by atoms with Gasteiger partial charge in [-0.05, 0) is 12.8 Å². The third-order valence-electron chi connectivity index (χ3n) is 0.975. The number of carboxylic acid groups (broad SMARTS) is 1. The molecule has 0 radical (unpaired) electrons. The van der Waals surface area contributed by atoms with Crippen molar-refractivity contribution in [1.82, 2.24) is 0 Å². The molecule has 0 aromatic rings. The number of hydrogen-bond donors (Lipinski definition) is 1. The van der Waals surface area contributed by atoms with Crippen LogP contribution >= 0.6 is 23.2 Å². The fourth-order valence-electron chi connectivity index (χ4n) is 0.390. The van der Waals surface area contributed by atoms with Gasteiger partial charge >= 0.3 is 5.97 Å². The second-order valence-corrected chi connectivity index (χ2v) is 3.32. The molecule has 0 fully saturated rings. The highest BCUT2D eigenvalue weighted by Gasteiger charge is 2.32. The lowest BCUT2D eigenvalue weighted by Crippen LogP contribution is -2.24. The first kappa shape index (κ1) is 9.79. The minimum atomic E-state index is -1.66. The lowest BCUT2D eigenvalue weighted by atomic mass is 10.2. The van der Waals surface area contributed by atoms with E-state index in [4.69, 9.17) is 28.3 Å². The second-order valence-electron chi connectivity index (χ2n) is 1.84. The van der Waals surface area contributed by atoms with E-state index in [0.29, 0.717) is 6.42 Å². The number of hydrogen-bond acceptors (Lipinski definition) is 1. The third kappa shape index (κ3) is 3.08. The molecule has 0 aliphatic heterocycles. The van der Waals surface area contributed by atoms with Gasteiger partial charge in [0.05, 0.1) is 0 Å². The van der Waals surface area contributed by atoms with Gasteiger partial charge in [0.1, 0.15) is 0 Å². The number of carboxylic acids is 1. The summed E-state index contributed by atoms with van der Waals surface area (Å²) in [4.78, 5) is 10.2. The standard InChI is InChI=1S/C6H8Cl2O2/c1-2-3-4-6(7,8)5(9)10/h2H,1,3-4H2,(H,9,10). The SMILES string of the molecule is C=CCCC(Cl)(Cl)C(=O)O. The lowest BCUT2D eigenvalue weighted by Gasteiger charge is -2.11. The van der Waals surface area contributed by atoms with Gasteiger partial charge in [-0.1, -0.05) is 29.3 Å². The van der Waals surface area contributed by atoms with Crippen molar-refractivity contribution in [1.29, 1.82) is 0 Å². The molecule has 58 valence electrons. The van der Waals surface area contributed by atoms with Crippen LogP contribution in [-0.4, -0.2) is 15.4 Å². The van der Waals surface area contributed by atoms with E-state index >= 15 is 0 Å². The van der Waals surface area contributed by atoms with Crippen molar-refractivity contribution in [2.75, 3.05) is 0 Å². The van der Waals surface area contributed by atoms with Crippen LogP contribution in [0.25, 0.3) is 0 Å². The molecule has 0 spiro atoms. The highest BCUT2D eigenvalue weighted by atomic mass is 35.5. The molecule has 0 aliphatic carbocycles. The summed E-state index contributed by atoms with van der Waals surface area (Å²) in [7, 11) is 0. The molecule has 1 N–H and O–H groups in total. The molecule has 0 aromatic carbocycles. The van der Waals surface area contributed by atoms with Gasteiger partial charge in [0.15, 0.2) is 0 Å². The Morgan fingerprint density at radius 1 is 1.70 bits per heavy atom. The highest BCUT2D eigenvalue weighted by molar-refractivity contribution is 6.57. The molecule has 0 atom stereocenters. The van der Waals surface area contributed by atoms with Crippen molar-refractivity contribution in [2.45, 2.75) is 17.2 Å². The molecule has 4 heteroatoms. The summed E-state index contributed by atoms with van der Waals surface area (Å²) in [5, 5.41) is 8.37. The number of rotatable bonds is 4. The van der Waals surface area contributed by atoms with Crippen molar-refractivity contribution in [3.05, 3.63) is 12.7 Å². The largest absolute Gasteiger partial charge is 0.479 e. The van der Waals surface area contributed by atoms with E-state index in [9.17, 15) is 4.79 Å². The molecule has 0 saturated heterocycles. The Balaban J connectivity index is 3.86. The summed E-state index contributed by atoms with van der Waals surface area (Å²) in [6.07, 6.45) is 2.26. The molecular formula is C6H8Cl2O2. The molecule has 0 unspecified atom stereocenters. The highest BCUT2D eigenvalue weighted by Crippen LogP contribution is 2.26. The first-order valence-electron chi connectivity index (χ1n) is 2.73. The summed E-state index contributed by atoms with van der Waals surface area (Å²) in [6.45, 7) is 3.41. The monoisotopic (exact) mass is 182 g/mol. The van der Waals surface area contributed by atoms with E-state index in [0.717, 1.165) is 0 Å². The van der Waals surface area contributed by atoms with Gasteiger partial charge in [-0.25, -0.2) is 4.79 Å². The summed E-state index contributed by atoms with van der Waals surface area (Å²) in [6, 6.07) is 0. The van der Waals surface area contributed by atoms with Crippen LogP contribution in [0.15, 0.2) is 12.7 Å². The summed E-state index contributed by atoms with van der Waals surface area (Å²) >= 11 is 10.7. The molecule has 0 saturated carbocycles. The van der Waals surface area contributed by atoms with Crippen LogP contribution in [0, 0.1) is 0 Å². The molecule has 0 bridgehead atoms. The maximum atomic E-state index is 10.2. The van der Waals surface area contributed by atoms with Crippen molar-refractivity contribution in [2.24, 2.45) is 0 Å². The predicted molar refractivity (Wildman–Crippen MR) is 41.5 cm³/mol. The van der Waals surface area contributed by atoms with Gasteiger partial charge in [-0.2, -0.15) is 0 Å². The molecule has 0 heterocycles. The van der Waals surface area contributed by atoms with E-state index < -0.39 is 10.3 Å². The van der Waals surface area contributed by atoms with E-state index in [1.165, 1.54) is 0 Å². The molecule has 0 aliphatic rings. The Bertz CT molecular complexity index is 143. The van der Waals surface area contributed by atoms with E-state index in [1.807, 2.05) is 0 Å². The zero-order valence-corrected chi connectivity index (χ0v) is 6.82. The van der Waals surface area contributed by atoms with Gasteiger partial charge in [0.2, 0.25) is 4.33 Å². The zero-order valence-electron chi connectivity index (χ0n) is 5.31. The molecular weight excluding hydrogens is 175 g/mol. The fraction of sp³-hybridized carbons (Fsp3) is 0.500. The Morgan fingerprint density at radius 2 is 2.20 bits per heavy atom. The predicted octanol–water partition coefficient (Wildman–Crippen LogP) is 2.21. The molecule has 0 rings (SSSR count). The number of halogens is 2. The van der Waals surface area contributed by atoms with Crippen molar-refractivity contribution in [3.8, 4) is 0 Å². The molecule has 0 aromatic heterocycles.